The van der Waals surface area contributed by atoms with Crippen LogP contribution in [0.15, 0.2) is 22.7 Å². The monoisotopic (exact) mass is 353 g/mol. The number of H-pyrrole nitrogens is 1. The number of thiophene rings is 1. The van der Waals surface area contributed by atoms with Crippen LogP contribution >= 0.6 is 23.1 Å². The van der Waals surface area contributed by atoms with Crippen molar-refractivity contribution in [3.8, 4) is 0 Å². The fraction of sp³-hybridized carbons (Fsp3) is 0.429. The van der Waals surface area contributed by atoms with Gasteiger partial charge in [-0.2, -0.15) is 0 Å². The van der Waals surface area contributed by atoms with Crippen LogP contribution in [0, 0.1) is 0 Å². The zero-order valence-corrected chi connectivity index (χ0v) is 14.8. The predicted molar refractivity (Wildman–Crippen MR) is 90.6 cm³/mol. The van der Waals surface area contributed by atoms with Crippen molar-refractivity contribution in [2.45, 2.75) is 43.6 Å². The number of carbonyl (C=O) groups excluding carboxylic acids is 2. The molecular formula is C14H19N5O2S2. The van der Waals surface area contributed by atoms with E-state index in [0.29, 0.717) is 11.6 Å². The number of aromatic amines is 1. The summed E-state index contributed by atoms with van der Waals surface area (Å²) in [5, 5.41) is 13.9. The Morgan fingerprint density at radius 1 is 1.39 bits per heavy atom. The normalized spacial score (nSPS) is 12.2. The standard InChI is InChI=1S/C14H19N5O2S2/c1-8(2)15-13(21)17-12(20)9(3)23-14-16-11(18-19-14)7-10-5-4-6-22-10/h4-6,8-9H,7H2,1-3H3,(H,16,18,19)(H2,15,17,20,21). The van der Waals surface area contributed by atoms with E-state index in [1.54, 1.807) is 18.3 Å². The molecule has 3 N–H and O–H groups in total. The van der Waals surface area contributed by atoms with E-state index >= 15 is 0 Å². The Labute approximate surface area is 142 Å². The van der Waals surface area contributed by atoms with Crippen LogP contribution in [0.5, 0.6) is 0 Å². The Bertz CT molecular complexity index is 654. The summed E-state index contributed by atoms with van der Waals surface area (Å²) in [6.07, 6.45) is 0.683. The molecule has 0 aliphatic rings. The molecule has 1 unspecified atom stereocenters. The number of carbonyl (C=O) groups is 2. The first-order valence-electron chi connectivity index (χ1n) is 7.15. The van der Waals surface area contributed by atoms with Crippen molar-refractivity contribution < 1.29 is 9.59 Å². The van der Waals surface area contributed by atoms with E-state index in [-0.39, 0.29) is 11.9 Å². The predicted octanol–water partition coefficient (Wildman–Crippen LogP) is 2.17. The molecule has 2 rings (SSSR count). The van der Waals surface area contributed by atoms with Crippen LogP contribution in [-0.2, 0) is 11.2 Å². The Balaban J connectivity index is 1.85. The van der Waals surface area contributed by atoms with Gasteiger partial charge in [-0.25, -0.2) is 9.78 Å². The van der Waals surface area contributed by atoms with Crippen LogP contribution in [0.3, 0.4) is 0 Å². The maximum atomic E-state index is 11.9. The molecule has 7 nitrogen and oxygen atoms in total. The van der Waals surface area contributed by atoms with Crippen LogP contribution in [0.4, 0.5) is 4.79 Å². The Kier molecular flexibility index (Phi) is 6.17. The molecule has 0 aromatic carbocycles. The number of imide groups is 1. The lowest BCUT2D eigenvalue weighted by Gasteiger charge is -2.11. The second kappa shape index (κ2) is 8.11. The van der Waals surface area contributed by atoms with Gasteiger partial charge < -0.3 is 5.32 Å². The molecule has 9 heteroatoms. The number of hydrogen-bond donors (Lipinski definition) is 3. The molecule has 2 aromatic heterocycles. The molecule has 124 valence electrons. The molecule has 0 spiro atoms. The van der Waals surface area contributed by atoms with Gasteiger partial charge in [0.2, 0.25) is 11.1 Å². The molecule has 3 amide bonds. The van der Waals surface area contributed by atoms with Crippen molar-refractivity contribution in [1.29, 1.82) is 0 Å². The number of nitrogens with zero attached hydrogens (tertiary/aromatic N) is 2. The number of thioether (sulfide) groups is 1. The number of hydrogen-bond acceptors (Lipinski definition) is 6. The quantitative estimate of drug-likeness (QED) is 0.691. The molecule has 1 atom stereocenters. The molecule has 23 heavy (non-hydrogen) atoms. The van der Waals surface area contributed by atoms with Gasteiger partial charge in [0.1, 0.15) is 5.82 Å². The highest BCUT2D eigenvalue weighted by Gasteiger charge is 2.19. The molecular weight excluding hydrogens is 334 g/mol. The maximum Gasteiger partial charge on any atom is 0.321 e. The van der Waals surface area contributed by atoms with Crippen LogP contribution in [0.2, 0.25) is 0 Å². The summed E-state index contributed by atoms with van der Waals surface area (Å²) < 4.78 is 0. The number of nitrogens with one attached hydrogen (secondary N) is 3. The Morgan fingerprint density at radius 3 is 2.83 bits per heavy atom. The maximum absolute atomic E-state index is 11.9. The van der Waals surface area contributed by atoms with E-state index in [9.17, 15) is 9.59 Å². The summed E-state index contributed by atoms with van der Waals surface area (Å²) in [6, 6.07) is 3.49. The minimum Gasteiger partial charge on any atom is -0.336 e. The molecule has 0 bridgehead atoms. The molecule has 0 radical (unpaired) electrons. The zero-order valence-electron chi connectivity index (χ0n) is 13.1. The van der Waals surface area contributed by atoms with E-state index in [1.165, 1.54) is 16.6 Å². The lowest BCUT2D eigenvalue weighted by molar-refractivity contribution is -0.119. The highest BCUT2D eigenvalue weighted by atomic mass is 32.2. The van der Waals surface area contributed by atoms with Crippen molar-refractivity contribution in [3.05, 3.63) is 28.2 Å². The molecule has 0 aliphatic carbocycles. The van der Waals surface area contributed by atoms with Crippen LogP contribution in [0.1, 0.15) is 31.5 Å². The van der Waals surface area contributed by atoms with Crippen molar-refractivity contribution in [2.75, 3.05) is 0 Å². The zero-order chi connectivity index (χ0) is 16.8. The van der Waals surface area contributed by atoms with Gasteiger partial charge >= 0.3 is 6.03 Å². The number of urea groups is 1. The van der Waals surface area contributed by atoms with E-state index < -0.39 is 11.3 Å². The van der Waals surface area contributed by atoms with Crippen molar-refractivity contribution in [2.24, 2.45) is 0 Å². The van der Waals surface area contributed by atoms with Crippen molar-refractivity contribution in [3.63, 3.8) is 0 Å². The number of aromatic nitrogens is 3. The van der Waals surface area contributed by atoms with E-state index in [1.807, 2.05) is 31.4 Å². The minimum absolute atomic E-state index is 0.0291. The molecule has 0 saturated heterocycles. The molecule has 0 saturated carbocycles. The average molecular weight is 353 g/mol. The first-order chi connectivity index (χ1) is 10.9. The Morgan fingerprint density at radius 2 is 2.17 bits per heavy atom. The fourth-order valence-electron chi connectivity index (χ4n) is 1.71. The molecule has 0 fully saturated rings. The van der Waals surface area contributed by atoms with Crippen molar-refractivity contribution >= 4 is 35.0 Å². The van der Waals surface area contributed by atoms with Gasteiger partial charge in [-0.1, -0.05) is 17.8 Å². The highest BCUT2D eigenvalue weighted by Crippen LogP contribution is 2.20. The number of amides is 3. The summed E-state index contributed by atoms with van der Waals surface area (Å²) in [4.78, 5) is 29.0. The van der Waals surface area contributed by atoms with Crippen LogP contribution < -0.4 is 10.6 Å². The van der Waals surface area contributed by atoms with Gasteiger partial charge in [0.25, 0.3) is 0 Å². The third-order valence-electron chi connectivity index (χ3n) is 2.74. The Hall–Kier alpha value is -1.87. The van der Waals surface area contributed by atoms with Gasteiger partial charge in [-0.15, -0.1) is 16.4 Å². The summed E-state index contributed by atoms with van der Waals surface area (Å²) in [5.41, 5.74) is 0. The van der Waals surface area contributed by atoms with E-state index in [0.717, 1.165) is 5.82 Å². The summed E-state index contributed by atoms with van der Waals surface area (Å²) >= 11 is 2.86. The SMILES string of the molecule is CC(C)NC(=O)NC(=O)C(C)Sc1n[nH]c(Cc2cccs2)n1. The average Bonchev–Trinajstić information content (AvgIpc) is 3.10. The van der Waals surface area contributed by atoms with Crippen LogP contribution in [0.25, 0.3) is 0 Å². The largest absolute Gasteiger partial charge is 0.336 e. The topological polar surface area (TPSA) is 99.8 Å². The molecule has 2 heterocycles. The second-order valence-corrected chi connectivity index (χ2v) is 7.54. The van der Waals surface area contributed by atoms with Crippen molar-refractivity contribution in [1.82, 2.24) is 25.8 Å². The van der Waals surface area contributed by atoms with Gasteiger partial charge in [0.05, 0.1) is 5.25 Å². The first kappa shape index (κ1) is 17.5. The van der Waals surface area contributed by atoms with Gasteiger partial charge in [-0.05, 0) is 32.2 Å². The third-order valence-corrected chi connectivity index (χ3v) is 4.58. The van der Waals surface area contributed by atoms with Gasteiger partial charge in [-0.3, -0.25) is 15.2 Å². The molecule has 0 aliphatic heterocycles. The summed E-state index contributed by atoms with van der Waals surface area (Å²) in [7, 11) is 0. The van der Waals surface area contributed by atoms with Gasteiger partial charge in [0.15, 0.2) is 0 Å². The van der Waals surface area contributed by atoms with E-state index in [4.69, 9.17) is 0 Å². The minimum atomic E-state index is -0.495. The van der Waals surface area contributed by atoms with Crippen LogP contribution in [-0.4, -0.2) is 38.4 Å². The summed E-state index contributed by atoms with van der Waals surface area (Å²) in [5.74, 6) is 0.373. The fourth-order valence-corrected chi connectivity index (χ4v) is 3.16. The molecule has 2 aromatic rings. The second-order valence-electron chi connectivity index (χ2n) is 5.20. The lowest BCUT2D eigenvalue weighted by Crippen LogP contribution is -2.45. The smallest absolute Gasteiger partial charge is 0.321 e. The lowest BCUT2D eigenvalue weighted by atomic mass is 10.3. The first-order valence-corrected chi connectivity index (χ1v) is 8.91. The highest BCUT2D eigenvalue weighted by molar-refractivity contribution is 8.00. The van der Waals surface area contributed by atoms with E-state index in [2.05, 4.69) is 25.8 Å². The number of rotatable bonds is 6. The third kappa shape index (κ3) is 5.68. The summed E-state index contributed by atoms with van der Waals surface area (Å²) in [6.45, 7) is 5.36. The van der Waals surface area contributed by atoms with Gasteiger partial charge in [0, 0.05) is 17.3 Å².